The number of rotatable bonds is 6. The first-order chi connectivity index (χ1) is 9.01. The summed E-state index contributed by atoms with van der Waals surface area (Å²) in [5.74, 6) is -0.110. The van der Waals surface area contributed by atoms with Crippen molar-refractivity contribution in [1.29, 1.82) is 0 Å². The Hall–Kier alpha value is -1.88. The van der Waals surface area contributed by atoms with Gasteiger partial charge in [-0.1, -0.05) is 12.1 Å². The molecule has 5 nitrogen and oxygen atoms in total. The van der Waals surface area contributed by atoms with Crippen LogP contribution >= 0.6 is 0 Å². The third-order valence-electron chi connectivity index (χ3n) is 2.74. The van der Waals surface area contributed by atoms with Crippen molar-refractivity contribution < 1.29 is 9.59 Å². The molecule has 3 N–H and O–H groups in total. The molecule has 0 saturated carbocycles. The molecule has 2 amide bonds. The highest BCUT2D eigenvalue weighted by molar-refractivity contribution is 5.88. The van der Waals surface area contributed by atoms with E-state index in [-0.39, 0.29) is 17.9 Å². The number of carbonyl (C=O) groups is 2. The highest BCUT2D eigenvalue weighted by atomic mass is 16.2. The lowest BCUT2D eigenvalue weighted by Crippen LogP contribution is -2.37. The summed E-state index contributed by atoms with van der Waals surface area (Å²) < 4.78 is 0. The van der Waals surface area contributed by atoms with Gasteiger partial charge in [-0.05, 0) is 31.7 Å². The molecule has 0 radical (unpaired) electrons. The van der Waals surface area contributed by atoms with Gasteiger partial charge in [0.15, 0.2) is 0 Å². The smallest absolute Gasteiger partial charge is 0.224 e. The van der Waals surface area contributed by atoms with Crippen molar-refractivity contribution in [2.45, 2.75) is 26.3 Å². The van der Waals surface area contributed by atoms with Crippen LogP contribution in [0, 0.1) is 0 Å². The monoisotopic (exact) mass is 263 g/mol. The molecular formula is C14H21N3O2. The third-order valence-corrected chi connectivity index (χ3v) is 2.74. The molecule has 0 saturated heterocycles. The van der Waals surface area contributed by atoms with E-state index in [1.807, 2.05) is 26.1 Å². The lowest BCUT2D eigenvalue weighted by Gasteiger charge is -2.11. The average molecular weight is 263 g/mol. The van der Waals surface area contributed by atoms with Gasteiger partial charge in [-0.25, -0.2) is 0 Å². The number of carbonyl (C=O) groups excluding carboxylic acids is 2. The van der Waals surface area contributed by atoms with Crippen molar-refractivity contribution in [3.05, 3.63) is 29.8 Å². The maximum Gasteiger partial charge on any atom is 0.224 e. The Kier molecular flexibility index (Phi) is 6.02. The summed E-state index contributed by atoms with van der Waals surface area (Å²) in [4.78, 5) is 22.6. The van der Waals surface area contributed by atoms with Gasteiger partial charge in [0.05, 0.1) is 6.42 Å². The lowest BCUT2D eigenvalue weighted by atomic mass is 10.1. The fourth-order valence-electron chi connectivity index (χ4n) is 1.53. The van der Waals surface area contributed by atoms with Crippen LogP contribution in [0.25, 0.3) is 0 Å². The first kappa shape index (κ1) is 15.2. The van der Waals surface area contributed by atoms with E-state index in [1.165, 1.54) is 6.92 Å². The molecule has 0 heterocycles. The Labute approximate surface area is 113 Å². The molecule has 1 rings (SSSR count). The van der Waals surface area contributed by atoms with Crippen LogP contribution in [0.1, 0.15) is 19.4 Å². The van der Waals surface area contributed by atoms with E-state index < -0.39 is 0 Å². The van der Waals surface area contributed by atoms with Gasteiger partial charge in [0.2, 0.25) is 11.8 Å². The standard InChI is InChI=1S/C14H21N3O2/c1-10(15-3)9-16-14(19)8-12-4-6-13(7-5-12)17-11(2)18/h4-7,10,15H,8-9H2,1-3H3,(H,16,19)(H,17,18). The minimum absolute atomic E-state index is 0.00521. The molecule has 1 aromatic carbocycles. The van der Waals surface area contributed by atoms with Crippen LogP contribution in [-0.2, 0) is 16.0 Å². The second-order valence-corrected chi connectivity index (χ2v) is 4.55. The Bertz CT molecular complexity index is 429. The molecule has 104 valence electrons. The summed E-state index contributed by atoms with van der Waals surface area (Å²) in [6, 6.07) is 7.52. The van der Waals surface area contributed by atoms with Crippen molar-refractivity contribution in [3.8, 4) is 0 Å². The summed E-state index contributed by atoms with van der Waals surface area (Å²) >= 11 is 0. The molecule has 0 aliphatic heterocycles. The molecule has 0 aliphatic carbocycles. The number of likely N-dealkylation sites (N-methyl/N-ethyl adjacent to an activating group) is 1. The predicted octanol–water partition coefficient (Wildman–Crippen LogP) is 0.912. The number of hydrogen-bond donors (Lipinski definition) is 3. The van der Waals surface area contributed by atoms with E-state index in [9.17, 15) is 9.59 Å². The maximum atomic E-state index is 11.7. The molecule has 19 heavy (non-hydrogen) atoms. The second kappa shape index (κ2) is 7.53. The molecule has 0 bridgehead atoms. The number of nitrogens with one attached hydrogen (secondary N) is 3. The summed E-state index contributed by atoms with van der Waals surface area (Å²) in [7, 11) is 1.86. The molecule has 0 aromatic heterocycles. The zero-order chi connectivity index (χ0) is 14.3. The number of anilines is 1. The van der Waals surface area contributed by atoms with Crippen LogP contribution < -0.4 is 16.0 Å². The van der Waals surface area contributed by atoms with Crippen LogP contribution in [0.3, 0.4) is 0 Å². The van der Waals surface area contributed by atoms with E-state index in [4.69, 9.17) is 0 Å². The minimum Gasteiger partial charge on any atom is -0.354 e. The molecular weight excluding hydrogens is 242 g/mol. The van der Waals surface area contributed by atoms with Gasteiger partial charge in [0.25, 0.3) is 0 Å². The lowest BCUT2D eigenvalue weighted by molar-refractivity contribution is -0.120. The quantitative estimate of drug-likeness (QED) is 0.714. The topological polar surface area (TPSA) is 70.2 Å². The van der Waals surface area contributed by atoms with Crippen LogP contribution in [-0.4, -0.2) is 31.4 Å². The number of hydrogen-bond acceptors (Lipinski definition) is 3. The van der Waals surface area contributed by atoms with Gasteiger partial charge in [-0.15, -0.1) is 0 Å². The Morgan fingerprint density at radius 2 is 1.84 bits per heavy atom. The van der Waals surface area contributed by atoms with Gasteiger partial charge >= 0.3 is 0 Å². The van der Waals surface area contributed by atoms with Crippen molar-refractivity contribution in [3.63, 3.8) is 0 Å². The van der Waals surface area contributed by atoms with Crippen molar-refractivity contribution >= 4 is 17.5 Å². The molecule has 0 spiro atoms. The Morgan fingerprint density at radius 3 is 2.37 bits per heavy atom. The van der Waals surface area contributed by atoms with E-state index in [0.29, 0.717) is 13.0 Å². The highest BCUT2D eigenvalue weighted by Gasteiger charge is 2.05. The minimum atomic E-state index is -0.105. The predicted molar refractivity (Wildman–Crippen MR) is 76.0 cm³/mol. The first-order valence-electron chi connectivity index (χ1n) is 6.31. The molecule has 1 aromatic rings. The van der Waals surface area contributed by atoms with Gasteiger partial charge < -0.3 is 16.0 Å². The van der Waals surface area contributed by atoms with Gasteiger partial charge in [-0.2, -0.15) is 0 Å². The zero-order valence-electron chi connectivity index (χ0n) is 11.6. The largest absolute Gasteiger partial charge is 0.354 e. The van der Waals surface area contributed by atoms with Crippen LogP contribution in [0.4, 0.5) is 5.69 Å². The Morgan fingerprint density at radius 1 is 1.21 bits per heavy atom. The number of amides is 2. The van der Waals surface area contributed by atoms with Crippen molar-refractivity contribution in [2.24, 2.45) is 0 Å². The first-order valence-corrected chi connectivity index (χ1v) is 6.31. The fourth-order valence-corrected chi connectivity index (χ4v) is 1.53. The van der Waals surface area contributed by atoms with Gasteiger partial charge in [0, 0.05) is 25.2 Å². The van der Waals surface area contributed by atoms with E-state index in [2.05, 4.69) is 16.0 Å². The summed E-state index contributed by atoms with van der Waals surface area (Å²) in [6.45, 7) is 4.08. The average Bonchev–Trinajstić information content (AvgIpc) is 2.37. The van der Waals surface area contributed by atoms with Crippen molar-refractivity contribution in [2.75, 3.05) is 18.9 Å². The van der Waals surface area contributed by atoms with Crippen molar-refractivity contribution in [1.82, 2.24) is 10.6 Å². The summed E-state index contributed by atoms with van der Waals surface area (Å²) in [5.41, 5.74) is 1.66. The summed E-state index contributed by atoms with van der Waals surface area (Å²) in [5, 5.41) is 8.60. The highest BCUT2D eigenvalue weighted by Crippen LogP contribution is 2.09. The molecule has 0 fully saturated rings. The van der Waals surface area contributed by atoms with E-state index in [1.54, 1.807) is 12.1 Å². The van der Waals surface area contributed by atoms with Crippen LogP contribution in [0.2, 0.25) is 0 Å². The fraction of sp³-hybridized carbons (Fsp3) is 0.429. The third kappa shape index (κ3) is 6.01. The van der Waals surface area contributed by atoms with E-state index >= 15 is 0 Å². The molecule has 1 atom stereocenters. The zero-order valence-corrected chi connectivity index (χ0v) is 11.6. The Balaban J connectivity index is 2.44. The second-order valence-electron chi connectivity index (χ2n) is 4.55. The molecule has 1 unspecified atom stereocenters. The van der Waals surface area contributed by atoms with Gasteiger partial charge in [-0.3, -0.25) is 9.59 Å². The number of benzene rings is 1. The van der Waals surface area contributed by atoms with Gasteiger partial charge in [0.1, 0.15) is 0 Å². The SMILES string of the molecule is CNC(C)CNC(=O)Cc1ccc(NC(C)=O)cc1. The summed E-state index contributed by atoms with van der Waals surface area (Å²) in [6.07, 6.45) is 0.344. The molecule has 5 heteroatoms. The normalized spacial score (nSPS) is 11.7. The molecule has 0 aliphatic rings. The van der Waals surface area contributed by atoms with E-state index in [0.717, 1.165) is 11.3 Å². The van der Waals surface area contributed by atoms with Crippen LogP contribution in [0.5, 0.6) is 0 Å². The maximum absolute atomic E-state index is 11.7. The van der Waals surface area contributed by atoms with Crippen LogP contribution in [0.15, 0.2) is 24.3 Å².